The summed E-state index contributed by atoms with van der Waals surface area (Å²) in [7, 11) is 1.54. The Balaban J connectivity index is 0.00000576. The second-order valence-electron chi connectivity index (χ2n) is 5.78. The minimum absolute atomic E-state index is 0. The zero-order valence-corrected chi connectivity index (χ0v) is 16.9. The van der Waals surface area contributed by atoms with Gasteiger partial charge >= 0.3 is 6.18 Å². The lowest BCUT2D eigenvalue weighted by Crippen LogP contribution is -2.47. The van der Waals surface area contributed by atoms with Crippen LogP contribution < -0.4 is 16.0 Å². The molecule has 1 amide bonds. The summed E-state index contributed by atoms with van der Waals surface area (Å²) < 4.78 is 43.4. The molecule has 0 aliphatic heterocycles. The number of ether oxygens (including phenoxy) is 1. The van der Waals surface area contributed by atoms with Crippen LogP contribution in [0.3, 0.4) is 0 Å². The molecule has 0 aromatic carbocycles. The van der Waals surface area contributed by atoms with Crippen LogP contribution >= 0.6 is 24.0 Å². The Morgan fingerprint density at radius 3 is 2.60 bits per heavy atom. The minimum Gasteiger partial charge on any atom is -0.383 e. The first kappa shape index (κ1) is 24.2. The molecule has 3 N–H and O–H groups in total. The summed E-state index contributed by atoms with van der Waals surface area (Å²) in [6.07, 6.45) is -2.75. The van der Waals surface area contributed by atoms with Crippen molar-refractivity contribution >= 4 is 35.8 Å². The summed E-state index contributed by atoms with van der Waals surface area (Å²) in [5, 5.41) is 8.61. The van der Waals surface area contributed by atoms with Crippen molar-refractivity contribution in [1.82, 2.24) is 16.0 Å². The first-order chi connectivity index (χ1) is 11.4. The molecule has 1 aliphatic rings. The van der Waals surface area contributed by atoms with E-state index in [4.69, 9.17) is 4.74 Å². The number of methoxy groups -OCH3 is 1. The Bertz CT molecular complexity index is 422. The number of carbonyl (C=O) groups excluding carboxylic acids is 1. The van der Waals surface area contributed by atoms with Gasteiger partial charge < -0.3 is 20.7 Å². The van der Waals surface area contributed by atoms with Crippen LogP contribution in [0.4, 0.5) is 13.2 Å². The zero-order chi connectivity index (χ0) is 18.0. The fourth-order valence-electron chi connectivity index (χ4n) is 2.63. The third kappa shape index (κ3) is 10.1. The molecule has 0 saturated heterocycles. The molecular formula is C15H28F3IN4O2. The van der Waals surface area contributed by atoms with Crippen LogP contribution in [0.5, 0.6) is 0 Å². The number of alkyl halides is 3. The van der Waals surface area contributed by atoms with Crippen molar-refractivity contribution in [2.75, 3.05) is 33.4 Å². The SMILES string of the molecule is CCNC(=NCC(=O)NCCOC)NC1CCCC(C(F)(F)F)C1.I. The Labute approximate surface area is 163 Å². The van der Waals surface area contributed by atoms with Gasteiger partial charge in [0, 0.05) is 26.2 Å². The van der Waals surface area contributed by atoms with E-state index in [1.165, 1.54) is 7.11 Å². The lowest BCUT2D eigenvalue weighted by molar-refractivity contribution is -0.183. The van der Waals surface area contributed by atoms with E-state index >= 15 is 0 Å². The van der Waals surface area contributed by atoms with Crippen molar-refractivity contribution in [3.63, 3.8) is 0 Å². The van der Waals surface area contributed by atoms with Gasteiger partial charge in [-0.2, -0.15) is 13.2 Å². The Morgan fingerprint density at radius 1 is 1.28 bits per heavy atom. The molecule has 1 rings (SSSR count). The summed E-state index contributed by atoms with van der Waals surface area (Å²) >= 11 is 0. The normalized spacial score (nSPS) is 21.2. The number of amides is 1. The predicted octanol–water partition coefficient (Wildman–Crippen LogP) is 2.04. The number of carbonyl (C=O) groups is 1. The summed E-state index contributed by atoms with van der Waals surface area (Å²) in [5.41, 5.74) is 0. The molecule has 1 saturated carbocycles. The minimum atomic E-state index is -4.16. The maximum absolute atomic E-state index is 12.9. The number of hydrogen-bond acceptors (Lipinski definition) is 3. The summed E-state index contributed by atoms with van der Waals surface area (Å²) in [6, 6.07) is -0.292. The highest BCUT2D eigenvalue weighted by Crippen LogP contribution is 2.37. The Hall–Kier alpha value is -0.780. The topological polar surface area (TPSA) is 74.8 Å². The van der Waals surface area contributed by atoms with Gasteiger partial charge in [-0.1, -0.05) is 6.42 Å². The average Bonchev–Trinajstić information content (AvgIpc) is 2.52. The van der Waals surface area contributed by atoms with E-state index in [9.17, 15) is 18.0 Å². The smallest absolute Gasteiger partial charge is 0.383 e. The lowest BCUT2D eigenvalue weighted by Gasteiger charge is -2.31. The number of halogens is 4. The number of aliphatic imine (C=N–C) groups is 1. The quantitative estimate of drug-likeness (QED) is 0.226. The number of hydrogen-bond donors (Lipinski definition) is 3. The van der Waals surface area contributed by atoms with E-state index in [2.05, 4.69) is 20.9 Å². The standard InChI is InChI=1S/C15H27F3N4O2.HI/c1-3-19-14(21-10-13(23)20-7-8-24-2)22-12-6-4-5-11(9-12)15(16,17)18;/h11-12H,3-10H2,1-2H3,(H,20,23)(H2,19,21,22);1H. The van der Waals surface area contributed by atoms with Crippen molar-refractivity contribution in [2.45, 2.75) is 44.8 Å². The van der Waals surface area contributed by atoms with Crippen LogP contribution in [0.15, 0.2) is 4.99 Å². The van der Waals surface area contributed by atoms with E-state index in [0.29, 0.717) is 38.5 Å². The molecule has 2 atom stereocenters. The fourth-order valence-corrected chi connectivity index (χ4v) is 2.63. The van der Waals surface area contributed by atoms with E-state index < -0.39 is 12.1 Å². The summed E-state index contributed by atoms with van der Waals surface area (Å²) in [5.74, 6) is -1.17. The van der Waals surface area contributed by atoms with E-state index in [-0.39, 0.29) is 55.3 Å². The van der Waals surface area contributed by atoms with Crippen molar-refractivity contribution in [3.8, 4) is 0 Å². The molecule has 25 heavy (non-hydrogen) atoms. The van der Waals surface area contributed by atoms with Crippen LogP contribution in [0.1, 0.15) is 32.6 Å². The van der Waals surface area contributed by atoms with E-state index in [0.717, 1.165) is 0 Å². The molecule has 0 aromatic rings. The van der Waals surface area contributed by atoms with Gasteiger partial charge in [0.2, 0.25) is 5.91 Å². The van der Waals surface area contributed by atoms with Gasteiger partial charge in [0.1, 0.15) is 6.54 Å². The second-order valence-corrected chi connectivity index (χ2v) is 5.78. The maximum Gasteiger partial charge on any atom is 0.391 e. The lowest BCUT2D eigenvalue weighted by atomic mass is 9.85. The predicted molar refractivity (Wildman–Crippen MR) is 101 cm³/mol. The third-order valence-electron chi connectivity index (χ3n) is 3.83. The summed E-state index contributed by atoms with van der Waals surface area (Å²) in [4.78, 5) is 15.8. The van der Waals surface area contributed by atoms with Crippen LogP contribution in [-0.4, -0.2) is 57.4 Å². The van der Waals surface area contributed by atoms with E-state index in [1.807, 2.05) is 6.92 Å². The number of rotatable bonds is 7. The molecule has 10 heteroatoms. The van der Waals surface area contributed by atoms with Gasteiger partial charge in [0.05, 0.1) is 12.5 Å². The second kappa shape index (κ2) is 12.6. The number of guanidine groups is 1. The first-order valence-corrected chi connectivity index (χ1v) is 8.24. The largest absolute Gasteiger partial charge is 0.391 e. The Morgan fingerprint density at radius 2 is 2.00 bits per heavy atom. The highest BCUT2D eigenvalue weighted by molar-refractivity contribution is 14.0. The highest BCUT2D eigenvalue weighted by Gasteiger charge is 2.42. The van der Waals surface area contributed by atoms with Gasteiger partial charge in [-0.05, 0) is 26.2 Å². The zero-order valence-electron chi connectivity index (χ0n) is 14.6. The van der Waals surface area contributed by atoms with E-state index in [1.54, 1.807) is 0 Å². The van der Waals surface area contributed by atoms with Gasteiger partial charge in [0.25, 0.3) is 0 Å². The maximum atomic E-state index is 12.9. The molecule has 0 aromatic heterocycles. The molecular weight excluding hydrogens is 452 g/mol. The molecule has 0 heterocycles. The molecule has 0 spiro atoms. The third-order valence-corrected chi connectivity index (χ3v) is 3.83. The monoisotopic (exact) mass is 480 g/mol. The molecule has 0 bridgehead atoms. The van der Waals surface area contributed by atoms with Crippen molar-refractivity contribution in [1.29, 1.82) is 0 Å². The molecule has 1 fully saturated rings. The number of nitrogens with zero attached hydrogens (tertiary/aromatic N) is 1. The molecule has 2 unspecified atom stereocenters. The molecule has 1 aliphatic carbocycles. The average molecular weight is 480 g/mol. The van der Waals surface area contributed by atoms with Gasteiger partial charge in [-0.15, -0.1) is 24.0 Å². The fraction of sp³-hybridized carbons (Fsp3) is 0.867. The molecule has 148 valence electrons. The van der Waals surface area contributed by atoms with Crippen molar-refractivity contribution in [2.24, 2.45) is 10.9 Å². The number of nitrogens with one attached hydrogen (secondary N) is 3. The van der Waals surface area contributed by atoms with Crippen LogP contribution in [0, 0.1) is 5.92 Å². The molecule has 6 nitrogen and oxygen atoms in total. The first-order valence-electron chi connectivity index (χ1n) is 8.24. The van der Waals surface area contributed by atoms with Crippen LogP contribution in [0.2, 0.25) is 0 Å². The highest BCUT2D eigenvalue weighted by atomic mass is 127. The van der Waals surface area contributed by atoms with Crippen molar-refractivity contribution < 1.29 is 22.7 Å². The van der Waals surface area contributed by atoms with Crippen molar-refractivity contribution in [3.05, 3.63) is 0 Å². The molecule has 0 radical (unpaired) electrons. The summed E-state index contributed by atoms with van der Waals surface area (Å²) in [6.45, 7) is 3.13. The van der Waals surface area contributed by atoms with Gasteiger partial charge in [-0.25, -0.2) is 4.99 Å². The van der Waals surface area contributed by atoms with Crippen LogP contribution in [0.25, 0.3) is 0 Å². The van der Waals surface area contributed by atoms with Gasteiger partial charge in [0.15, 0.2) is 5.96 Å². The van der Waals surface area contributed by atoms with Gasteiger partial charge in [-0.3, -0.25) is 4.79 Å². The Kier molecular flexibility index (Phi) is 12.2. The van der Waals surface area contributed by atoms with Crippen LogP contribution in [-0.2, 0) is 9.53 Å².